The number of hydrogen-bond donors (Lipinski definition) is 2. The molecule has 3 atom stereocenters. The van der Waals surface area contributed by atoms with Gasteiger partial charge in [0, 0.05) is 10.3 Å². The van der Waals surface area contributed by atoms with Crippen LogP contribution >= 0.6 is 35.0 Å². The summed E-state index contributed by atoms with van der Waals surface area (Å²) in [5, 5.41) is 16.3. The molecule has 3 heterocycles. The molecular formula is C19H19Cl2N3O6S. The number of aromatic nitrogens is 1. The summed E-state index contributed by atoms with van der Waals surface area (Å²) in [7, 11) is 0. The number of β-lactam (4-membered cyclic amide) rings is 1. The molecule has 2 amide bonds. The topological polar surface area (TPSA) is 144 Å². The van der Waals surface area contributed by atoms with E-state index >= 15 is 0 Å². The smallest absolute Gasteiger partial charge is 0.327 e. The van der Waals surface area contributed by atoms with Crippen LogP contribution in [0.3, 0.4) is 0 Å². The monoisotopic (exact) mass is 487 g/mol. The third-order valence-corrected chi connectivity index (χ3v) is 7.45. The summed E-state index contributed by atoms with van der Waals surface area (Å²) >= 11 is 13.8. The summed E-state index contributed by atoms with van der Waals surface area (Å²) in [5.74, 6) is -1.84. The number of carbonyl (C=O) groups excluding carboxylic acids is 2. The molecule has 2 fully saturated rings. The second-order valence-corrected chi connectivity index (χ2v) is 10.2. The number of fused-ring (bicyclic) bond motifs is 1. The highest BCUT2D eigenvalue weighted by molar-refractivity contribution is 8.01. The fourth-order valence-corrected chi connectivity index (χ4v) is 6.09. The van der Waals surface area contributed by atoms with E-state index in [0.29, 0.717) is 15.6 Å². The number of rotatable bonds is 4. The molecule has 2 aliphatic rings. The maximum absolute atomic E-state index is 13.1. The van der Waals surface area contributed by atoms with Crippen LogP contribution in [0.5, 0.6) is 0 Å². The first-order valence-corrected chi connectivity index (χ1v) is 10.6. The van der Waals surface area contributed by atoms with Gasteiger partial charge >= 0.3 is 5.97 Å². The summed E-state index contributed by atoms with van der Waals surface area (Å²) < 4.78 is 4.52. The zero-order chi connectivity index (χ0) is 22.0. The number of carboxylic acid groups (broad SMARTS) is 1. The van der Waals surface area contributed by atoms with E-state index in [4.69, 9.17) is 27.7 Å². The second kappa shape index (κ2) is 8.01. The number of thioether (sulfide) groups is 1. The van der Waals surface area contributed by atoms with Crippen LogP contribution in [0.2, 0.25) is 10.0 Å². The third kappa shape index (κ3) is 3.57. The average Bonchev–Trinajstić information content (AvgIpc) is 3.14. The number of benzene rings is 1. The molecule has 4 N–H and O–H groups in total. The zero-order valence-corrected chi connectivity index (χ0v) is 18.9. The number of aliphatic carboxylic acids is 1. The number of carboxylic acids is 1. The van der Waals surface area contributed by atoms with E-state index in [1.165, 1.54) is 16.7 Å². The van der Waals surface area contributed by atoms with Crippen molar-refractivity contribution in [2.24, 2.45) is 0 Å². The predicted molar refractivity (Wildman–Crippen MR) is 115 cm³/mol. The molecule has 0 unspecified atom stereocenters. The van der Waals surface area contributed by atoms with Gasteiger partial charge in [-0.05, 0) is 32.9 Å². The molecule has 12 heteroatoms. The average molecular weight is 488 g/mol. The highest BCUT2D eigenvalue weighted by atomic mass is 35.5. The van der Waals surface area contributed by atoms with Gasteiger partial charge in [-0.15, -0.1) is 11.8 Å². The predicted octanol–water partition coefficient (Wildman–Crippen LogP) is 2.38. The summed E-state index contributed by atoms with van der Waals surface area (Å²) in [5.41, 5.74) is 0.645. The maximum Gasteiger partial charge on any atom is 0.327 e. The van der Waals surface area contributed by atoms with Gasteiger partial charge in [0.1, 0.15) is 34.5 Å². The van der Waals surface area contributed by atoms with E-state index in [2.05, 4.69) is 10.5 Å². The van der Waals surface area contributed by atoms with Crippen LogP contribution < -0.4 is 5.32 Å². The first-order chi connectivity index (χ1) is 14.0. The molecule has 0 saturated carbocycles. The van der Waals surface area contributed by atoms with Crippen molar-refractivity contribution in [1.82, 2.24) is 15.4 Å². The molecule has 1 aromatic carbocycles. The van der Waals surface area contributed by atoms with Crippen molar-refractivity contribution in [3.8, 4) is 11.3 Å². The first-order valence-electron chi connectivity index (χ1n) is 8.99. The number of halogens is 2. The van der Waals surface area contributed by atoms with Gasteiger partial charge < -0.3 is 25.3 Å². The fourth-order valence-electron chi connectivity index (χ4n) is 3.89. The lowest BCUT2D eigenvalue weighted by Gasteiger charge is -2.43. The Morgan fingerprint density at radius 3 is 2.48 bits per heavy atom. The van der Waals surface area contributed by atoms with Crippen molar-refractivity contribution in [3.05, 3.63) is 39.6 Å². The highest BCUT2D eigenvalue weighted by Crippen LogP contribution is 2.51. The largest absolute Gasteiger partial charge is 0.480 e. The van der Waals surface area contributed by atoms with Gasteiger partial charge in [-0.25, -0.2) is 4.79 Å². The number of carbonyl (C=O) groups is 3. The lowest BCUT2D eigenvalue weighted by Crippen LogP contribution is -2.70. The molecule has 0 radical (unpaired) electrons. The zero-order valence-electron chi connectivity index (χ0n) is 16.6. The van der Waals surface area contributed by atoms with Crippen LogP contribution in [-0.4, -0.2) is 60.6 Å². The van der Waals surface area contributed by atoms with E-state index in [1.807, 2.05) is 0 Å². The normalized spacial score (nSPS) is 23.6. The van der Waals surface area contributed by atoms with Gasteiger partial charge in [-0.3, -0.25) is 9.59 Å². The minimum atomic E-state index is -1.07. The summed E-state index contributed by atoms with van der Waals surface area (Å²) in [6.07, 6.45) is 0. The van der Waals surface area contributed by atoms with Crippen LogP contribution in [0.15, 0.2) is 22.7 Å². The number of nitrogens with one attached hydrogen (secondary N) is 1. The van der Waals surface area contributed by atoms with Gasteiger partial charge in [0.15, 0.2) is 0 Å². The van der Waals surface area contributed by atoms with Crippen molar-refractivity contribution >= 4 is 52.7 Å². The van der Waals surface area contributed by atoms with Gasteiger partial charge in [-0.1, -0.05) is 34.4 Å². The van der Waals surface area contributed by atoms with Crippen molar-refractivity contribution in [1.29, 1.82) is 0 Å². The van der Waals surface area contributed by atoms with E-state index in [0.717, 1.165) is 0 Å². The number of amides is 2. The van der Waals surface area contributed by atoms with Crippen LogP contribution in [0, 0.1) is 6.92 Å². The van der Waals surface area contributed by atoms with Crippen LogP contribution in [0.4, 0.5) is 0 Å². The van der Waals surface area contributed by atoms with Gasteiger partial charge in [0.05, 0.1) is 10.0 Å². The van der Waals surface area contributed by atoms with Gasteiger partial charge in [-0.2, -0.15) is 0 Å². The molecule has 2 aliphatic heterocycles. The van der Waals surface area contributed by atoms with Crippen molar-refractivity contribution < 1.29 is 29.5 Å². The molecule has 9 nitrogen and oxygen atoms in total. The summed E-state index contributed by atoms with van der Waals surface area (Å²) in [6.45, 7) is 5.10. The molecular weight excluding hydrogens is 469 g/mol. The van der Waals surface area contributed by atoms with Crippen molar-refractivity contribution in [3.63, 3.8) is 0 Å². The number of aryl methyl sites for hydroxylation is 1. The Labute approximate surface area is 191 Å². The Morgan fingerprint density at radius 1 is 1.29 bits per heavy atom. The Hall–Kier alpha value is -2.27. The molecule has 2 saturated heterocycles. The SMILES string of the molecule is Cc1onc(-c2c(Cl)cccc2Cl)c1C(=O)N[C@@H]1C(=O)N2[C@@H]1SC(C)(C)[C@@H]2C(=O)O.O. The second-order valence-electron chi connectivity index (χ2n) is 7.61. The lowest BCUT2D eigenvalue weighted by atomic mass is 9.95. The van der Waals surface area contributed by atoms with E-state index in [-0.39, 0.29) is 22.5 Å². The minimum absolute atomic E-state index is 0. The van der Waals surface area contributed by atoms with E-state index in [9.17, 15) is 19.5 Å². The Morgan fingerprint density at radius 2 is 1.90 bits per heavy atom. The van der Waals surface area contributed by atoms with E-state index < -0.39 is 40.0 Å². The van der Waals surface area contributed by atoms with Crippen molar-refractivity contribution in [2.45, 2.75) is 43.0 Å². The minimum Gasteiger partial charge on any atom is -0.480 e. The quantitative estimate of drug-likeness (QED) is 0.629. The molecule has 166 valence electrons. The van der Waals surface area contributed by atoms with Crippen LogP contribution in [0.25, 0.3) is 11.3 Å². The van der Waals surface area contributed by atoms with Crippen LogP contribution in [0.1, 0.15) is 30.0 Å². The van der Waals surface area contributed by atoms with Gasteiger partial charge in [0.25, 0.3) is 5.91 Å². The first kappa shape index (κ1) is 23.4. The molecule has 1 aromatic heterocycles. The Kier molecular flexibility index (Phi) is 6.05. The standard InChI is InChI=1S/C19H17Cl2N3O5S.H2O/c1-7-10(12(23-29-7)11-8(20)5-4-6-9(11)21)15(25)22-13-16(26)24-14(18(27)28)19(2,3)30-17(13)24;/h4-6,13-14,17H,1-3H3,(H,22,25)(H,27,28);1H2/t13-,14+,17-;/m1./s1. The highest BCUT2D eigenvalue weighted by Gasteiger charge is 2.64. The molecule has 0 aliphatic carbocycles. The molecule has 0 spiro atoms. The molecule has 4 rings (SSSR count). The van der Waals surface area contributed by atoms with Crippen molar-refractivity contribution in [2.75, 3.05) is 0 Å². The Bertz CT molecular complexity index is 1070. The maximum atomic E-state index is 13.1. The van der Waals surface area contributed by atoms with Crippen LogP contribution in [-0.2, 0) is 9.59 Å². The summed E-state index contributed by atoms with van der Waals surface area (Å²) in [4.78, 5) is 38.7. The number of hydrogen-bond acceptors (Lipinski definition) is 6. The Balaban J connectivity index is 0.00000272. The van der Waals surface area contributed by atoms with E-state index in [1.54, 1.807) is 39.0 Å². The van der Waals surface area contributed by atoms with Gasteiger partial charge in [0.2, 0.25) is 5.91 Å². The molecule has 0 bridgehead atoms. The number of nitrogens with zero attached hydrogens (tertiary/aromatic N) is 2. The summed E-state index contributed by atoms with van der Waals surface area (Å²) in [6, 6.07) is 3.09. The fraction of sp³-hybridized carbons (Fsp3) is 0.368. The third-order valence-electron chi connectivity index (χ3n) is 5.25. The molecule has 2 aromatic rings. The molecule has 31 heavy (non-hydrogen) atoms. The lowest BCUT2D eigenvalue weighted by molar-refractivity contribution is -0.159.